The van der Waals surface area contributed by atoms with Gasteiger partial charge in [-0.1, -0.05) is 39.3 Å². The van der Waals surface area contributed by atoms with Gasteiger partial charge in [0.05, 0.1) is 17.8 Å². The van der Waals surface area contributed by atoms with Crippen molar-refractivity contribution in [2.75, 3.05) is 0 Å². The molecule has 0 aromatic heterocycles. The molecular formula is C36H54O7S. The summed E-state index contributed by atoms with van der Waals surface area (Å²) in [5.74, 6) is 1.49. The highest BCUT2D eigenvalue weighted by atomic mass is 32.3. The second-order valence-corrected chi connectivity index (χ2v) is 17.7. The molecule has 4 aliphatic carbocycles. The number of aliphatic hydroxyl groups is 1. The molecule has 3 N–H and O–H groups in total. The van der Waals surface area contributed by atoms with Gasteiger partial charge in [0.25, 0.3) is 0 Å². The molecule has 0 spiro atoms. The van der Waals surface area contributed by atoms with Crippen LogP contribution < -0.4 is 4.18 Å². The van der Waals surface area contributed by atoms with Gasteiger partial charge in [-0.25, -0.2) is 0 Å². The maximum atomic E-state index is 11.8. The van der Waals surface area contributed by atoms with Crippen LogP contribution in [0.4, 0.5) is 0 Å². The summed E-state index contributed by atoms with van der Waals surface area (Å²) in [6.07, 6.45) is 12.2. The molecule has 1 saturated heterocycles. The largest absolute Gasteiger partial charge is 0.508 e. The first-order chi connectivity index (χ1) is 20.4. The highest BCUT2D eigenvalue weighted by molar-refractivity contribution is 7.81. The maximum Gasteiger partial charge on any atom is 0.446 e. The summed E-state index contributed by atoms with van der Waals surface area (Å²) in [4.78, 5) is 0. The molecular weight excluding hydrogens is 576 g/mol. The average Bonchev–Trinajstić information content (AvgIpc) is 3.20. The van der Waals surface area contributed by atoms with Gasteiger partial charge >= 0.3 is 10.4 Å². The minimum Gasteiger partial charge on any atom is -0.508 e. The van der Waals surface area contributed by atoms with Gasteiger partial charge in [-0.3, -0.25) is 4.55 Å². The fourth-order valence-electron chi connectivity index (χ4n) is 12.0. The molecule has 1 aromatic carbocycles. The van der Waals surface area contributed by atoms with Crippen molar-refractivity contribution in [3.63, 3.8) is 0 Å². The number of fused-ring (bicyclic) bond motifs is 9. The van der Waals surface area contributed by atoms with Crippen LogP contribution in [0.25, 0.3) is 0 Å². The van der Waals surface area contributed by atoms with E-state index < -0.39 is 22.1 Å². The Kier molecular flexibility index (Phi) is 7.68. The summed E-state index contributed by atoms with van der Waals surface area (Å²) in [6.45, 7) is 16.0. The molecule has 10 atom stereocenters. The molecule has 4 fully saturated rings. The Morgan fingerprint density at radius 2 is 1.55 bits per heavy atom. The average molecular weight is 631 g/mol. The van der Waals surface area contributed by atoms with Gasteiger partial charge in [-0.15, -0.1) is 0 Å². The van der Waals surface area contributed by atoms with Crippen LogP contribution in [0.5, 0.6) is 11.5 Å². The Labute approximate surface area is 264 Å². The van der Waals surface area contributed by atoms with Crippen LogP contribution in [0, 0.1) is 34.0 Å². The molecule has 6 rings (SSSR count). The Morgan fingerprint density at radius 1 is 0.932 bits per heavy atom. The number of aliphatic hydroxyl groups excluding tert-OH is 1. The van der Waals surface area contributed by atoms with Crippen LogP contribution in [-0.2, 0) is 27.0 Å². The Bertz CT molecular complexity index is 1450. The van der Waals surface area contributed by atoms with E-state index in [4.69, 9.17) is 8.92 Å². The highest BCUT2D eigenvalue weighted by Gasteiger charge is 2.68. The molecule has 7 nitrogen and oxygen atoms in total. The van der Waals surface area contributed by atoms with Gasteiger partial charge in [-0.2, -0.15) is 8.42 Å². The fraction of sp³-hybridized carbons (Fsp3) is 0.778. The Balaban J connectivity index is 1.31. The lowest BCUT2D eigenvalue weighted by molar-refractivity contribution is -0.236. The van der Waals surface area contributed by atoms with Crippen molar-refractivity contribution in [2.45, 2.75) is 142 Å². The third kappa shape index (κ3) is 4.79. The standard InChI is InChI=1S/C36H54O7S/c1-22(2)9-8-16-36(7)29(38)14-19-34(5)27-12-17-33(4)26(32(27,3)20-15-30(34)42-36)13-18-35(6)28(33)21-23-24(37)10-11-25(31(23)35)43-44(39,40)41/h9-11,26-30,37-38H,8,12-21H2,1-7H3,(H,39,40,41)/t26-,27-,28+,29-,30+,32-,33-,34+,35+,36-/m1/s1. The minimum atomic E-state index is -4.70. The first-order valence-electron chi connectivity index (χ1n) is 16.9. The van der Waals surface area contributed by atoms with E-state index in [0.717, 1.165) is 75.3 Å². The Morgan fingerprint density at radius 3 is 2.23 bits per heavy atom. The fourth-order valence-corrected chi connectivity index (χ4v) is 12.3. The summed E-state index contributed by atoms with van der Waals surface area (Å²) in [5.41, 5.74) is 1.99. The summed E-state index contributed by atoms with van der Waals surface area (Å²) < 4.78 is 45.3. The van der Waals surface area contributed by atoms with E-state index in [1.807, 2.05) is 0 Å². The zero-order chi connectivity index (χ0) is 32.1. The molecule has 5 aliphatic rings. The zero-order valence-electron chi connectivity index (χ0n) is 27.8. The second-order valence-electron chi connectivity index (χ2n) is 16.7. The van der Waals surface area contributed by atoms with Crippen LogP contribution >= 0.6 is 0 Å². The molecule has 1 aliphatic heterocycles. The number of phenolic OH excluding ortho intramolecular Hbond substituents is 1. The molecule has 3 saturated carbocycles. The van der Waals surface area contributed by atoms with Gasteiger partial charge in [0.1, 0.15) is 11.5 Å². The van der Waals surface area contributed by atoms with Gasteiger partial charge in [-0.05, 0) is 138 Å². The maximum absolute atomic E-state index is 11.8. The number of allylic oxidation sites excluding steroid dienone is 2. The second kappa shape index (κ2) is 10.4. The SMILES string of the molecule is CC(C)=CCC[C@@]1(C)O[C@H]2CC[C@@]3(C)[C@@H](CC[C@]4(C)[C@@H]3CC[C@]3(C)c5c(OS(=O)(=O)O)ccc(O)c5C[C@@H]43)[C@]2(C)CC[C@H]1O. The predicted octanol–water partition coefficient (Wildman–Crippen LogP) is 7.68. The van der Waals surface area contributed by atoms with Crippen molar-refractivity contribution in [1.82, 2.24) is 0 Å². The van der Waals surface area contributed by atoms with Crippen molar-refractivity contribution in [3.8, 4) is 11.5 Å². The zero-order valence-corrected chi connectivity index (χ0v) is 28.6. The van der Waals surface area contributed by atoms with Crippen LogP contribution in [0.3, 0.4) is 0 Å². The molecule has 0 radical (unpaired) electrons. The molecule has 44 heavy (non-hydrogen) atoms. The minimum absolute atomic E-state index is 0.00771. The first-order valence-corrected chi connectivity index (χ1v) is 18.3. The summed E-state index contributed by atoms with van der Waals surface area (Å²) in [7, 11) is -4.70. The normalized spacial score (nSPS) is 44.7. The molecule has 246 valence electrons. The molecule has 1 heterocycles. The number of hydrogen-bond donors (Lipinski definition) is 3. The van der Waals surface area contributed by atoms with E-state index in [1.165, 1.54) is 17.7 Å². The van der Waals surface area contributed by atoms with Gasteiger partial charge in [0.2, 0.25) is 0 Å². The lowest BCUT2D eigenvalue weighted by atomic mass is 9.36. The molecule has 8 heteroatoms. The van der Waals surface area contributed by atoms with Crippen LogP contribution in [0.2, 0.25) is 0 Å². The van der Waals surface area contributed by atoms with Crippen molar-refractivity contribution in [1.29, 1.82) is 0 Å². The van der Waals surface area contributed by atoms with Crippen molar-refractivity contribution < 1.29 is 32.1 Å². The summed E-state index contributed by atoms with van der Waals surface area (Å²) >= 11 is 0. The van der Waals surface area contributed by atoms with Crippen LogP contribution in [0.1, 0.15) is 124 Å². The summed E-state index contributed by atoms with van der Waals surface area (Å²) in [6, 6.07) is 2.98. The van der Waals surface area contributed by atoms with E-state index in [0.29, 0.717) is 18.3 Å². The number of benzene rings is 1. The number of aromatic hydroxyl groups is 1. The van der Waals surface area contributed by atoms with E-state index >= 15 is 0 Å². The number of ether oxygens (including phenoxy) is 1. The van der Waals surface area contributed by atoms with Crippen LogP contribution in [-0.4, -0.2) is 41.0 Å². The van der Waals surface area contributed by atoms with Gasteiger partial charge in [0.15, 0.2) is 0 Å². The van der Waals surface area contributed by atoms with Crippen molar-refractivity contribution in [3.05, 3.63) is 34.9 Å². The topological polar surface area (TPSA) is 113 Å². The monoisotopic (exact) mass is 630 g/mol. The summed E-state index contributed by atoms with van der Waals surface area (Å²) in [5, 5.41) is 22.4. The molecule has 0 bridgehead atoms. The van der Waals surface area contributed by atoms with Crippen molar-refractivity contribution in [2.24, 2.45) is 34.0 Å². The lowest BCUT2D eigenvalue weighted by Gasteiger charge is -2.69. The third-order valence-electron chi connectivity index (χ3n) is 14.0. The first kappa shape index (κ1) is 32.3. The highest BCUT2D eigenvalue weighted by Crippen LogP contribution is 2.74. The van der Waals surface area contributed by atoms with Gasteiger partial charge in [0, 0.05) is 16.5 Å². The molecule has 0 amide bonds. The number of phenols is 1. The van der Waals surface area contributed by atoms with Crippen molar-refractivity contribution >= 4 is 10.4 Å². The third-order valence-corrected chi connectivity index (χ3v) is 14.4. The molecule has 1 aromatic rings. The van der Waals surface area contributed by atoms with E-state index in [1.54, 1.807) is 0 Å². The van der Waals surface area contributed by atoms with Gasteiger partial charge < -0.3 is 19.1 Å². The van der Waals surface area contributed by atoms with E-state index in [2.05, 4.69) is 54.5 Å². The Hall–Kier alpha value is -1.61. The number of hydrogen-bond acceptors (Lipinski definition) is 6. The lowest BCUT2D eigenvalue weighted by Crippen LogP contribution is -2.64. The quantitative estimate of drug-likeness (QED) is 0.226. The molecule has 0 unspecified atom stereocenters. The van der Waals surface area contributed by atoms with E-state index in [-0.39, 0.29) is 45.2 Å². The predicted molar refractivity (Wildman–Crippen MR) is 171 cm³/mol. The van der Waals surface area contributed by atoms with Crippen LogP contribution in [0.15, 0.2) is 23.8 Å². The number of rotatable bonds is 5. The smallest absolute Gasteiger partial charge is 0.446 e. The van der Waals surface area contributed by atoms with E-state index in [9.17, 15) is 23.2 Å².